The van der Waals surface area contributed by atoms with Gasteiger partial charge in [0.25, 0.3) is 0 Å². The van der Waals surface area contributed by atoms with E-state index in [1.54, 1.807) is 13.0 Å². The third kappa shape index (κ3) is 4.38. The van der Waals surface area contributed by atoms with Gasteiger partial charge in [-0.25, -0.2) is 0 Å². The zero-order valence-electron chi connectivity index (χ0n) is 13.0. The molecule has 2 aromatic rings. The first kappa shape index (κ1) is 15.6. The van der Waals surface area contributed by atoms with Crippen LogP contribution in [0.15, 0.2) is 64.8 Å². The molecule has 0 aliphatic heterocycles. The van der Waals surface area contributed by atoms with Crippen molar-refractivity contribution >= 4 is 23.0 Å². The van der Waals surface area contributed by atoms with E-state index in [-0.39, 0.29) is 5.91 Å². The van der Waals surface area contributed by atoms with Crippen molar-refractivity contribution < 1.29 is 4.79 Å². The number of carbonyl (C=O) groups excluding carboxylic acids is 1. The van der Waals surface area contributed by atoms with Gasteiger partial charge in [0, 0.05) is 0 Å². The smallest absolute Gasteiger partial charge is 0.248 e. The van der Waals surface area contributed by atoms with Crippen molar-refractivity contribution in [3.8, 4) is 0 Å². The maximum absolute atomic E-state index is 11.7. The number of benzene rings is 2. The lowest BCUT2D eigenvalue weighted by Crippen LogP contribution is -2.07. The minimum absolute atomic E-state index is 0.181. The van der Waals surface area contributed by atoms with Crippen LogP contribution in [0.1, 0.15) is 18.1 Å². The summed E-state index contributed by atoms with van der Waals surface area (Å²) in [5.74, 6) is -0.181. The highest BCUT2D eigenvalue weighted by Gasteiger charge is 2.05. The second-order valence-corrected chi connectivity index (χ2v) is 5.05. The molecule has 0 aliphatic carbocycles. The van der Waals surface area contributed by atoms with Crippen molar-refractivity contribution in [1.82, 2.24) is 0 Å². The molecule has 0 saturated heterocycles. The highest BCUT2D eigenvalue weighted by atomic mass is 16.1. The van der Waals surface area contributed by atoms with Gasteiger partial charge in [-0.3, -0.25) is 4.79 Å². The molecule has 0 aromatic heterocycles. The lowest BCUT2D eigenvalue weighted by Gasteiger charge is -2.06. The second kappa shape index (κ2) is 7.31. The summed E-state index contributed by atoms with van der Waals surface area (Å²) in [5, 5.41) is 11.3. The fourth-order valence-electron chi connectivity index (χ4n) is 1.89. The normalized spacial score (nSPS) is 11.2. The molecule has 0 spiro atoms. The van der Waals surface area contributed by atoms with Crippen LogP contribution in [0.4, 0.5) is 17.1 Å². The molecular weight excluding hydrogens is 274 g/mol. The van der Waals surface area contributed by atoms with Crippen LogP contribution in [-0.2, 0) is 4.79 Å². The Morgan fingerprint density at radius 3 is 2.36 bits per heavy atom. The number of anilines is 1. The van der Waals surface area contributed by atoms with Crippen LogP contribution in [0.5, 0.6) is 0 Å². The van der Waals surface area contributed by atoms with Crippen molar-refractivity contribution in [2.24, 2.45) is 10.2 Å². The summed E-state index contributed by atoms with van der Waals surface area (Å²) in [6.45, 7) is 5.79. The Hall–Kier alpha value is -2.75. The Morgan fingerprint density at radius 1 is 1.00 bits per heavy atom. The maximum Gasteiger partial charge on any atom is 0.248 e. The molecular formula is C18H19N3O. The predicted molar refractivity (Wildman–Crippen MR) is 90.0 cm³/mol. The molecule has 0 bridgehead atoms. The molecule has 0 radical (unpaired) electrons. The number of hydrogen-bond donors (Lipinski definition) is 1. The summed E-state index contributed by atoms with van der Waals surface area (Å²) in [6, 6.07) is 13.4. The van der Waals surface area contributed by atoms with Gasteiger partial charge in [-0.2, -0.15) is 5.11 Å². The molecule has 112 valence electrons. The molecule has 0 atom stereocenters. The minimum atomic E-state index is -0.181. The van der Waals surface area contributed by atoms with E-state index in [0.717, 1.165) is 11.3 Å². The van der Waals surface area contributed by atoms with Crippen molar-refractivity contribution in [1.29, 1.82) is 0 Å². The number of hydrogen-bond acceptors (Lipinski definition) is 3. The molecule has 4 heteroatoms. The average molecular weight is 293 g/mol. The van der Waals surface area contributed by atoms with Crippen LogP contribution in [0, 0.1) is 13.8 Å². The van der Waals surface area contributed by atoms with E-state index in [4.69, 9.17) is 0 Å². The third-order valence-electron chi connectivity index (χ3n) is 3.04. The third-order valence-corrected chi connectivity index (χ3v) is 3.04. The van der Waals surface area contributed by atoms with E-state index in [2.05, 4.69) is 15.5 Å². The van der Waals surface area contributed by atoms with Crippen molar-refractivity contribution in [2.45, 2.75) is 20.8 Å². The molecule has 0 heterocycles. The van der Waals surface area contributed by atoms with Crippen molar-refractivity contribution in [3.05, 3.63) is 65.7 Å². The quantitative estimate of drug-likeness (QED) is 0.608. The fraction of sp³-hybridized carbons (Fsp3) is 0.167. The standard InChI is InChI=1S/C18H19N3O/c1-4-5-18(22)19-17-12-14(3)8-11-16(17)21-20-15-9-6-13(2)7-10-15/h4-12H,1-3H3,(H,19,22)/b5-4+,21-20?. The molecule has 0 unspecified atom stereocenters. The summed E-state index contributed by atoms with van der Waals surface area (Å²) >= 11 is 0. The first-order chi connectivity index (χ1) is 10.6. The SMILES string of the molecule is C/C=C/C(=O)Nc1cc(C)ccc1N=Nc1ccc(C)cc1. The van der Waals surface area contributed by atoms with Gasteiger partial charge in [-0.15, -0.1) is 5.11 Å². The van der Waals surface area contributed by atoms with Gasteiger partial charge in [0.15, 0.2) is 0 Å². The van der Waals surface area contributed by atoms with Crippen molar-refractivity contribution in [2.75, 3.05) is 5.32 Å². The van der Waals surface area contributed by atoms with Gasteiger partial charge in [-0.1, -0.05) is 29.8 Å². The zero-order chi connectivity index (χ0) is 15.9. The Bertz CT molecular complexity index is 716. The maximum atomic E-state index is 11.7. The second-order valence-electron chi connectivity index (χ2n) is 5.05. The van der Waals surface area contributed by atoms with Crippen LogP contribution in [0.3, 0.4) is 0 Å². The van der Waals surface area contributed by atoms with E-state index in [1.807, 2.05) is 56.3 Å². The van der Waals surface area contributed by atoms with Gasteiger partial charge >= 0.3 is 0 Å². The average Bonchev–Trinajstić information content (AvgIpc) is 2.48. The Labute approximate surface area is 130 Å². The first-order valence-corrected chi connectivity index (χ1v) is 7.11. The number of nitrogens with one attached hydrogen (secondary N) is 1. The fourth-order valence-corrected chi connectivity index (χ4v) is 1.89. The number of rotatable bonds is 4. The summed E-state index contributed by atoms with van der Waals surface area (Å²) < 4.78 is 0. The van der Waals surface area contributed by atoms with Crippen molar-refractivity contribution in [3.63, 3.8) is 0 Å². The Morgan fingerprint density at radius 2 is 1.68 bits per heavy atom. The highest BCUT2D eigenvalue weighted by molar-refractivity contribution is 6.01. The van der Waals surface area contributed by atoms with E-state index >= 15 is 0 Å². The molecule has 2 aromatic carbocycles. The highest BCUT2D eigenvalue weighted by Crippen LogP contribution is 2.28. The lowest BCUT2D eigenvalue weighted by molar-refractivity contribution is -0.111. The zero-order valence-corrected chi connectivity index (χ0v) is 13.0. The largest absolute Gasteiger partial charge is 0.321 e. The van der Waals surface area contributed by atoms with Gasteiger partial charge in [0.2, 0.25) is 5.91 Å². The van der Waals surface area contributed by atoms with Gasteiger partial charge < -0.3 is 5.32 Å². The van der Waals surface area contributed by atoms with E-state index in [1.165, 1.54) is 11.6 Å². The molecule has 22 heavy (non-hydrogen) atoms. The molecule has 2 rings (SSSR count). The molecule has 1 amide bonds. The van der Waals surface area contributed by atoms with Crippen LogP contribution >= 0.6 is 0 Å². The number of carbonyl (C=O) groups is 1. The molecule has 0 saturated carbocycles. The Kier molecular flexibility index (Phi) is 5.20. The molecule has 0 fully saturated rings. The van der Waals surface area contributed by atoms with E-state index in [9.17, 15) is 4.79 Å². The number of azo groups is 1. The van der Waals surface area contributed by atoms with Crippen LogP contribution in [-0.4, -0.2) is 5.91 Å². The van der Waals surface area contributed by atoms with Crippen LogP contribution < -0.4 is 5.32 Å². The van der Waals surface area contributed by atoms with E-state index < -0.39 is 0 Å². The number of amides is 1. The summed E-state index contributed by atoms with van der Waals surface area (Å²) in [7, 11) is 0. The number of allylic oxidation sites excluding steroid dienone is 1. The topological polar surface area (TPSA) is 53.8 Å². The van der Waals surface area contributed by atoms with Gasteiger partial charge in [0.05, 0.1) is 11.4 Å². The molecule has 4 nitrogen and oxygen atoms in total. The summed E-state index contributed by atoms with van der Waals surface area (Å²) in [5.41, 5.74) is 4.28. The molecule has 1 N–H and O–H groups in total. The first-order valence-electron chi connectivity index (χ1n) is 7.11. The van der Waals surface area contributed by atoms with Gasteiger partial charge in [-0.05, 0) is 56.7 Å². The Balaban J connectivity index is 2.26. The summed E-state index contributed by atoms with van der Waals surface area (Å²) in [6.07, 6.45) is 3.17. The van der Waals surface area contributed by atoms with Crippen LogP contribution in [0.25, 0.3) is 0 Å². The predicted octanol–water partition coefficient (Wildman–Crippen LogP) is 5.23. The lowest BCUT2D eigenvalue weighted by atomic mass is 10.2. The van der Waals surface area contributed by atoms with Crippen LogP contribution in [0.2, 0.25) is 0 Å². The van der Waals surface area contributed by atoms with Gasteiger partial charge in [0.1, 0.15) is 5.69 Å². The van der Waals surface area contributed by atoms with E-state index in [0.29, 0.717) is 11.4 Å². The number of nitrogens with zero attached hydrogens (tertiary/aromatic N) is 2. The number of aryl methyl sites for hydroxylation is 2. The molecule has 0 aliphatic rings. The minimum Gasteiger partial charge on any atom is -0.321 e. The summed E-state index contributed by atoms with van der Waals surface area (Å²) in [4.78, 5) is 11.7. The monoisotopic (exact) mass is 293 g/mol.